The number of nitrogens with one attached hydrogen (secondary N) is 1. The molecular formula is C13H9IN2O3. The van der Waals surface area contributed by atoms with Crippen molar-refractivity contribution in [2.24, 2.45) is 0 Å². The fourth-order valence-electron chi connectivity index (χ4n) is 1.51. The SMILES string of the molecule is O=C(Nc1ccc([N+](=O)[O-])cc1)c1ccccc1I. The van der Waals surface area contributed by atoms with E-state index in [0.717, 1.165) is 3.57 Å². The van der Waals surface area contributed by atoms with Gasteiger partial charge in [0.15, 0.2) is 0 Å². The summed E-state index contributed by atoms with van der Waals surface area (Å²) in [6, 6.07) is 12.9. The molecule has 6 heteroatoms. The van der Waals surface area contributed by atoms with Crippen molar-refractivity contribution < 1.29 is 9.72 Å². The highest BCUT2D eigenvalue weighted by atomic mass is 127. The van der Waals surface area contributed by atoms with E-state index in [2.05, 4.69) is 27.9 Å². The van der Waals surface area contributed by atoms with E-state index in [9.17, 15) is 14.9 Å². The van der Waals surface area contributed by atoms with Gasteiger partial charge in [0.25, 0.3) is 11.6 Å². The maximum absolute atomic E-state index is 12.0. The number of nitro benzene ring substituents is 1. The van der Waals surface area contributed by atoms with Gasteiger partial charge in [-0.2, -0.15) is 0 Å². The number of amides is 1. The van der Waals surface area contributed by atoms with Crippen LogP contribution < -0.4 is 5.32 Å². The summed E-state index contributed by atoms with van der Waals surface area (Å²) < 4.78 is 0.847. The fourth-order valence-corrected chi connectivity index (χ4v) is 2.14. The second-order valence-corrected chi connectivity index (χ2v) is 4.90. The molecule has 2 aromatic carbocycles. The van der Waals surface area contributed by atoms with Crippen molar-refractivity contribution in [1.29, 1.82) is 0 Å². The van der Waals surface area contributed by atoms with Crippen LogP contribution in [0.4, 0.5) is 11.4 Å². The zero-order valence-corrected chi connectivity index (χ0v) is 11.8. The van der Waals surface area contributed by atoms with Crippen LogP contribution in [-0.2, 0) is 0 Å². The van der Waals surface area contributed by atoms with E-state index in [1.54, 1.807) is 12.1 Å². The number of hydrogen-bond donors (Lipinski definition) is 1. The minimum Gasteiger partial charge on any atom is -0.322 e. The molecule has 2 aromatic rings. The van der Waals surface area contributed by atoms with Gasteiger partial charge < -0.3 is 5.32 Å². The number of carbonyl (C=O) groups is 1. The van der Waals surface area contributed by atoms with Gasteiger partial charge in [-0.25, -0.2) is 0 Å². The Kier molecular flexibility index (Phi) is 4.10. The van der Waals surface area contributed by atoms with Gasteiger partial charge in [0, 0.05) is 21.4 Å². The van der Waals surface area contributed by atoms with Gasteiger partial charge in [-0.1, -0.05) is 12.1 Å². The Labute approximate surface area is 122 Å². The van der Waals surface area contributed by atoms with Gasteiger partial charge in [-0.05, 0) is 46.9 Å². The highest BCUT2D eigenvalue weighted by Gasteiger charge is 2.10. The quantitative estimate of drug-likeness (QED) is 0.513. The van der Waals surface area contributed by atoms with E-state index in [-0.39, 0.29) is 11.6 Å². The number of non-ortho nitro benzene ring substituents is 1. The summed E-state index contributed by atoms with van der Waals surface area (Å²) in [4.78, 5) is 22.0. The molecule has 0 saturated heterocycles. The molecule has 1 N–H and O–H groups in total. The van der Waals surface area contributed by atoms with E-state index < -0.39 is 4.92 Å². The number of nitrogens with zero attached hydrogens (tertiary/aromatic N) is 1. The van der Waals surface area contributed by atoms with Crippen LogP contribution in [0.25, 0.3) is 0 Å². The van der Waals surface area contributed by atoms with Crippen molar-refractivity contribution in [1.82, 2.24) is 0 Å². The van der Waals surface area contributed by atoms with Gasteiger partial charge >= 0.3 is 0 Å². The zero-order valence-electron chi connectivity index (χ0n) is 9.67. The number of anilines is 1. The molecule has 0 aliphatic heterocycles. The summed E-state index contributed by atoms with van der Waals surface area (Å²) in [5.74, 6) is -0.237. The standard InChI is InChI=1S/C13H9IN2O3/c14-12-4-2-1-3-11(12)13(17)15-9-5-7-10(8-6-9)16(18)19/h1-8H,(H,15,17). The molecule has 0 spiro atoms. The molecule has 19 heavy (non-hydrogen) atoms. The number of rotatable bonds is 3. The minimum absolute atomic E-state index is 0.00714. The van der Waals surface area contributed by atoms with Crippen LogP contribution in [0.3, 0.4) is 0 Å². The molecule has 0 aromatic heterocycles. The van der Waals surface area contributed by atoms with Crippen molar-refractivity contribution in [3.05, 3.63) is 67.8 Å². The summed E-state index contributed by atoms with van der Waals surface area (Å²) in [6.45, 7) is 0. The maximum Gasteiger partial charge on any atom is 0.269 e. The monoisotopic (exact) mass is 368 g/mol. The number of carbonyl (C=O) groups excluding carboxylic acids is 1. The van der Waals surface area contributed by atoms with Crippen molar-refractivity contribution in [2.45, 2.75) is 0 Å². The normalized spacial score (nSPS) is 9.95. The van der Waals surface area contributed by atoms with Crippen molar-refractivity contribution in [3.63, 3.8) is 0 Å². The summed E-state index contributed by atoms with van der Waals surface area (Å²) in [7, 11) is 0. The lowest BCUT2D eigenvalue weighted by Gasteiger charge is -2.06. The van der Waals surface area contributed by atoms with Crippen molar-refractivity contribution in [2.75, 3.05) is 5.32 Å². The first-order valence-electron chi connectivity index (χ1n) is 5.38. The van der Waals surface area contributed by atoms with Crippen molar-refractivity contribution in [3.8, 4) is 0 Å². The molecule has 0 heterocycles. The first-order chi connectivity index (χ1) is 9.08. The summed E-state index contributed by atoms with van der Waals surface area (Å²) in [5.41, 5.74) is 1.09. The maximum atomic E-state index is 12.0. The van der Waals surface area contributed by atoms with E-state index >= 15 is 0 Å². The molecule has 0 aliphatic rings. The van der Waals surface area contributed by atoms with E-state index in [1.165, 1.54) is 24.3 Å². The van der Waals surface area contributed by atoms with Gasteiger partial charge in [-0.15, -0.1) is 0 Å². The summed E-state index contributed by atoms with van der Waals surface area (Å²) in [6.07, 6.45) is 0. The molecule has 0 aliphatic carbocycles. The van der Waals surface area contributed by atoms with E-state index in [1.807, 2.05) is 12.1 Å². The molecule has 0 fully saturated rings. The summed E-state index contributed by atoms with van der Waals surface area (Å²) >= 11 is 2.08. The van der Waals surface area contributed by atoms with Crippen LogP contribution in [0.2, 0.25) is 0 Å². The van der Waals surface area contributed by atoms with Gasteiger partial charge in [-0.3, -0.25) is 14.9 Å². The second-order valence-electron chi connectivity index (χ2n) is 3.74. The second kappa shape index (κ2) is 5.79. The topological polar surface area (TPSA) is 72.2 Å². The smallest absolute Gasteiger partial charge is 0.269 e. The number of nitro groups is 1. The lowest BCUT2D eigenvalue weighted by molar-refractivity contribution is -0.384. The average Bonchev–Trinajstić information content (AvgIpc) is 2.39. The zero-order chi connectivity index (χ0) is 13.8. The largest absolute Gasteiger partial charge is 0.322 e. The predicted octanol–water partition coefficient (Wildman–Crippen LogP) is 3.45. The van der Waals surface area contributed by atoms with Crippen LogP contribution >= 0.6 is 22.6 Å². The lowest BCUT2D eigenvalue weighted by Crippen LogP contribution is -2.13. The van der Waals surface area contributed by atoms with Crippen LogP contribution in [-0.4, -0.2) is 10.8 Å². The molecule has 0 atom stereocenters. The van der Waals surface area contributed by atoms with Crippen LogP contribution in [0, 0.1) is 13.7 Å². The molecule has 96 valence electrons. The Morgan fingerprint density at radius 2 is 1.74 bits per heavy atom. The Morgan fingerprint density at radius 1 is 1.11 bits per heavy atom. The van der Waals surface area contributed by atoms with Crippen LogP contribution in [0.15, 0.2) is 48.5 Å². The third-order valence-corrected chi connectivity index (χ3v) is 3.40. The molecule has 0 bridgehead atoms. The first-order valence-corrected chi connectivity index (χ1v) is 6.46. The minimum atomic E-state index is -0.480. The van der Waals surface area contributed by atoms with Crippen LogP contribution in [0.5, 0.6) is 0 Å². The van der Waals surface area contributed by atoms with Crippen LogP contribution in [0.1, 0.15) is 10.4 Å². The van der Waals surface area contributed by atoms with Gasteiger partial charge in [0.05, 0.1) is 10.5 Å². The Hall–Kier alpha value is -1.96. The van der Waals surface area contributed by atoms with Gasteiger partial charge in [0.2, 0.25) is 0 Å². The molecule has 1 amide bonds. The molecule has 2 rings (SSSR count). The Bertz CT molecular complexity index is 626. The fraction of sp³-hybridized carbons (Fsp3) is 0. The molecular weight excluding hydrogens is 359 g/mol. The highest BCUT2D eigenvalue weighted by molar-refractivity contribution is 14.1. The number of hydrogen-bond acceptors (Lipinski definition) is 3. The van der Waals surface area contributed by atoms with Gasteiger partial charge in [0.1, 0.15) is 0 Å². The molecule has 0 unspecified atom stereocenters. The summed E-state index contributed by atoms with van der Waals surface area (Å²) in [5, 5.41) is 13.2. The molecule has 0 radical (unpaired) electrons. The van der Waals surface area contributed by atoms with E-state index in [4.69, 9.17) is 0 Å². The number of halogens is 1. The Morgan fingerprint density at radius 3 is 2.32 bits per heavy atom. The third-order valence-electron chi connectivity index (χ3n) is 2.45. The molecule has 5 nitrogen and oxygen atoms in total. The Balaban J connectivity index is 2.15. The first kappa shape index (κ1) is 13.5. The highest BCUT2D eigenvalue weighted by Crippen LogP contribution is 2.17. The average molecular weight is 368 g/mol. The van der Waals surface area contributed by atoms with E-state index in [0.29, 0.717) is 11.3 Å². The van der Waals surface area contributed by atoms with Crippen molar-refractivity contribution >= 4 is 39.9 Å². The lowest BCUT2D eigenvalue weighted by atomic mass is 10.2. The predicted molar refractivity (Wildman–Crippen MR) is 80.2 cm³/mol. The third kappa shape index (κ3) is 3.28. The molecule has 0 saturated carbocycles. The number of benzene rings is 2.